The maximum atomic E-state index is 12.0. The summed E-state index contributed by atoms with van der Waals surface area (Å²) in [5.74, 6) is 3.60. The minimum absolute atomic E-state index is 0.336. The first kappa shape index (κ1) is 27.0. The van der Waals surface area contributed by atoms with E-state index < -0.39 is 8.07 Å². The number of carbonyl (C=O) groups excluding carboxylic acids is 1. The highest BCUT2D eigenvalue weighted by molar-refractivity contribution is 8.02. The molecule has 0 spiro atoms. The van der Waals surface area contributed by atoms with E-state index in [1.165, 1.54) is 10.5 Å². The maximum Gasteiger partial charge on any atom is 0.407 e. The van der Waals surface area contributed by atoms with Crippen molar-refractivity contribution in [1.82, 2.24) is 5.32 Å². The van der Waals surface area contributed by atoms with E-state index in [-0.39, 0.29) is 6.09 Å². The Morgan fingerprint density at radius 2 is 1.67 bits per heavy atom. The molecule has 1 aromatic rings. The zero-order valence-corrected chi connectivity index (χ0v) is 22.3. The largest absolute Gasteiger partial charge is 0.493 e. The van der Waals surface area contributed by atoms with Crippen LogP contribution >= 0.6 is 23.5 Å². The maximum absolute atomic E-state index is 12.0. The van der Waals surface area contributed by atoms with Crippen LogP contribution < -0.4 is 14.8 Å². The lowest BCUT2D eigenvalue weighted by molar-refractivity contribution is 0.152. The van der Waals surface area contributed by atoms with Crippen molar-refractivity contribution in [3.8, 4) is 11.5 Å². The lowest BCUT2D eigenvalue weighted by Crippen LogP contribution is -2.29. The highest BCUT2D eigenvalue weighted by atomic mass is 32.2. The van der Waals surface area contributed by atoms with Crippen molar-refractivity contribution in [2.45, 2.75) is 68.6 Å². The van der Waals surface area contributed by atoms with E-state index >= 15 is 0 Å². The van der Waals surface area contributed by atoms with Gasteiger partial charge in [0.1, 0.15) is 0 Å². The number of hydrogen-bond donors (Lipinski definition) is 1. The van der Waals surface area contributed by atoms with Gasteiger partial charge in [-0.3, -0.25) is 0 Å². The van der Waals surface area contributed by atoms with Crippen LogP contribution in [0.5, 0.6) is 11.5 Å². The summed E-state index contributed by atoms with van der Waals surface area (Å²) in [4.78, 5) is 14.4. The van der Waals surface area contributed by atoms with Gasteiger partial charge < -0.3 is 19.5 Å². The van der Waals surface area contributed by atoms with Gasteiger partial charge in [-0.25, -0.2) is 4.79 Å². The topological polar surface area (TPSA) is 56.8 Å². The molecule has 8 heteroatoms. The summed E-state index contributed by atoms with van der Waals surface area (Å²) in [5, 5.41) is 2.90. The molecule has 0 aliphatic carbocycles. The Kier molecular flexibility index (Phi) is 12.7. The van der Waals surface area contributed by atoms with Crippen molar-refractivity contribution in [2.75, 3.05) is 38.9 Å². The lowest BCUT2D eigenvalue weighted by atomic mass is 10.1. The van der Waals surface area contributed by atoms with Gasteiger partial charge in [-0.15, -0.1) is 23.5 Å². The minimum atomic E-state index is -1.20. The summed E-state index contributed by atoms with van der Waals surface area (Å²) in [6.45, 7) is 12.2. The first-order valence-corrected chi connectivity index (χ1v) is 16.4. The Hall–Kier alpha value is -0.993. The van der Waals surface area contributed by atoms with Gasteiger partial charge in [-0.1, -0.05) is 33.5 Å². The molecule has 1 aromatic carbocycles. The molecule has 0 saturated heterocycles. The number of rotatable bonds is 14. The van der Waals surface area contributed by atoms with Gasteiger partial charge in [0.15, 0.2) is 11.5 Å². The molecule has 0 heterocycles. The van der Waals surface area contributed by atoms with E-state index in [0.29, 0.717) is 13.2 Å². The Morgan fingerprint density at radius 3 is 2.20 bits per heavy atom. The van der Waals surface area contributed by atoms with Crippen molar-refractivity contribution < 1.29 is 19.0 Å². The number of ether oxygens (including phenoxy) is 3. The van der Waals surface area contributed by atoms with Crippen molar-refractivity contribution in [3.63, 3.8) is 0 Å². The van der Waals surface area contributed by atoms with E-state index in [1.54, 1.807) is 14.2 Å². The molecule has 30 heavy (non-hydrogen) atoms. The van der Waals surface area contributed by atoms with Gasteiger partial charge in [-0.2, -0.15) is 0 Å². The lowest BCUT2D eigenvalue weighted by Gasteiger charge is -2.20. The van der Waals surface area contributed by atoms with Gasteiger partial charge in [0.2, 0.25) is 0 Å². The van der Waals surface area contributed by atoms with Crippen LogP contribution in [0.15, 0.2) is 15.9 Å². The molecule has 0 unspecified atom stereocenters. The number of amides is 1. The fourth-order valence-electron chi connectivity index (χ4n) is 2.68. The molecular weight excluding hydrogens is 434 g/mol. The van der Waals surface area contributed by atoms with Gasteiger partial charge in [0.05, 0.1) is 25.7 Å². The van der Waals surface area contributed by atoms with Crippen molar-refractivity contribution >= 4 is 37.7 Å². The van der Waals surface area contributed by atoms with Gasteiger partial charge >= 0.3 is 6.09 Å². The first-order chi connectivity index (χ1) is 14.3. The van der Waals surface area contributed by atoms with Gasteiger partial charge in [-0.05, 0) is 48.4 Å². The number of carbonyl (C=O) groups is 1. The van der Waals surface area contributed by atoms with Crippen LogP contribution in [-0.4, -0.2) is 53.0 Å². The fraction of sp³-hybridized carbons (Fsp3) is 0.682. The first-order valence-electron chi connectivity index (χ1n) is 10.7. The average Bonchev–Trinajstić information content (AvgIpc) is 2.69. The van der Waals surface area contributed by atoms with E-state index in [2.05, 4.69) is 38.8 Å². The Balaban J connectivity index is 2.93. The summed E-state index contributed by atoms with van der Waals surface area (Å²) in [5.41, 5.74) is 1.17. The minimum Gasteiger partial charge on any atom is -0.493 e. The van der Waals surface area contributed by atoms with Crippen LogP contribution in [0.3, 0.4) is 0 Å². The number of benzene rings is 1. The Bertz CT molecular complexity index is 666. The third-order valence-electron chi connectivity index (χ3n) is 4.31. The van der Waals surface area contributed by atoms with Crippen LogP contribution in [-0.2, 0) is 11.2 Å². The number of nitrogens with one attached hydrogen (secondary N) is 1. The summed E-state index contributed by atoms with van der Waals surface area (Å²) in [7, 11) is 2.16. The zero-order chi connectivity index (χ0) is 22.6. The van der Waals surface area contributed by atoms with E-state index in [9.17, 15) is 4.79 Å². The van der Waals surface area contributed by atoms with Gasteiger partial charge in [0.25, 0.3) is 0 Å². The third-order valence-corrected chi connectivity index (χ3v) is 8.80. The second-order valence-electron chi connectivity index (χ2n) is 8.25. The van der Waals surface area contributed by atoms with Crippen LogP contribution in [0.2, 0.25) is 25.7 Å². The molecule has 172 valence electrons. The molecule has 1 rings (SSSR count). The number of alkyl carbamates (subject to hydrolysis) is 1. The van der Waals surface area contributed by atoms with Crippen LogP contribution in [0, 0.1) is 0 Å². The smallest absolute Gasteiger partial charge is 0.407 e. The monoisotopic (exact) mass is 473 g/mol. The number of hydrogen-bond acceptors (Lipinski definition) is 6. The highest BCUT2D eigenvalue weighted by Gasteiger charge is 2.20. The molecule has 0 saturated carbocycles. The highest BCUT2D eigenvalue weighted by Crippen LogP contribution is 2.46. The quantitative estimate of drug-likeness (QED) is 0.252. The standard InChI is InChI=1S/C22H39NO4S2Si/c1-8-13-28-20-17(10-11-23-22(24)27-12-15-30(5,6)7)16-18(25-3)19(26-4)21(20)29-14-9-2/h16H,8-15H2,1-7H3,(H,23,24). The van der Waals surface area contributed by atoms with Crippen LogP contribution in [0.4, 0.5) is 4.79 Å². The average molecular weight is 474 g/mol. The molecule has 0 radical (unpaired) electrons. The van der Waals surface area contributed by atoms with E-state index in [1.807, 2.05) is 29.6 Å². The summed E-state index contributed by atoms with van der Waals surface area (Å²) < 4.78 is 16.7. The molecule has 1 amide bonds. The normalized spacial score (nSPS) is 11.3. The molecule has 0 atom stereocenters. The van der Waals surface area contributed by atoms with E-state index in [4.69, 9.17) is 14.2 Å². The SMILES string of the molecule is CCCSc1c(CCNC(=O)OCC[Si](C)(C)C)cc(OC)c(OC)c1SCCC. The van der Waals surface area contributed by atoms with Crippen LogP contribution in [0.25, 0.3) is 0 Å². The van der Waals surface area contributed by atoms with Crippen LogP contribution in [0.1, 0.15) is 32.3 Å². The van der Waals surface area contributed by atoms with E-state index in [0.717, 1.165) is 53.2 Å². The third kappa shape index (κ3) is 9.43. The number of methoxy groups -OCH3 is 2. The molecule has 0 bridgehead atoms. The molecule has 5 nitrogen and oxygen atoms in total. The molecule has 0 aliphatic rings. The molecule has 1 N–H and O–H groups in total. The second kappa shape index (κ2) is 14.1. The predicted molar refractivity (Wildman–Crippen MR) is 133 cm³/mol. The molecule has 0 aliphatic heterocycles. The Labute approximate surface area is 192 Å². The number of thioether (sulfide) groups is 2. The van der Waals surface area contributed by atoms with Crippen molar-refractivity contribution in [1.29, 1.82) is 0 Å². The summed E-state index contributed by atoms with van der Waals surface area (Å²) >= 11 is 3.66. The zero-order valence-electron chi connectivity index (χ0n) is 19.7. The molecular formula is C22H39NO4S2Si. The summed E-state index contributed by atoms with van der Waals surface area (Å²) in [6.07, 6.45) is 2.56. The summed E-state index contributed by atoms with van der Waals surface area (Å²) in [6, 6.07) is 3.02. The molecule has 0 fully saturated rings. The second-order valence-corrected chi connectivity index (χ2v) is 16.1. The van der Waals surface area contributed by atoms with Crippen molar-refractivity contribution in [2.24, 2.45) is 0 Å². The fourth-order valence-corrected chi connectivity index (χ4v) is 5.71. The van der Waals surface area contributed by atoms with Crippen molar-refractivity contribution in [3.05, 3.63) is 11.6 Å². The predicted octanol–water partition coefficient (Wildman–Crippen LogP) is 6.31. The van der Waals surface area contributed by atoms with Gasteiger partial charge in [0, 0.05) is 19.5 Å². The molecule has 0 aromatic heterocycles. The Morgan fingerprint density at radius 1 is 1.03 bits per heavy atom.